The fourth-order valence-electron chi connectivity index (χ4n) is 0.933. The maximum absolute atomic E-state index is 12.1. The Balaban J connectivity index is 2.79. The van der Waals surface area contributed by atoms with Crippen LogP contribution >= 0.6 is 0 Å². The minimum Gasteiger partial charge on any atom is -0.325 e. The minimum atomic E-state index is -4.51. The highest BCUT2D eigenvalue weighted by Gasteiger charge is 2.36. The number of aromatic nitrogens is 3. The SMILES string of the molecule is CC(C)(N)Cc1nc(C(F)(F)F)n[nH]1. The first-order valence-corrected chi connectivity index (χ1v) is 3.96. The van der Waals surface area contributed by atoms with Crippen molar-refractivity contribution in [3.8, 4) is 0 Å². The second kappa shape index (κ2) is 3.23. The molecule has 80 valence electrons. The molecule has 0 saturated heterocycles. The van der Waals surface area contributed by atoms with E-state index >= 15 is 0 Å². The van der Waals surface area contributed by atoms with Crippen molar-refractivity contribution in [1.82, 2.24) is 15.2 Å². The van der Waals surface area contributed by atoms with Crippen LogP contribution in [0.25, 0.3) is 0 Å². The summed E-state index contributed by atoms with van der Waals surface area (Å²) in [5.41, 5.74) is 5.01. The third-order valence-electron chi connectivity index (χ3n) is 1.41. The lowest BCUT2D eigenvalue weighted by molar-refractivity contribution is -0.144. The molecule has 0 atom stereocenters. The number of nitrogens with one attached hydrogen (secondary N) is 1. The average Bonchev–Trinajstić information content (AvgIpc) is 2.29. The van der Waals surface area contributed by atoms with Gasteiger partial charge in [-0.25, -0.2) is 4.98 Å². The number of nitrogens with two attached hydrogens (primary N) is 1. The fraction of sp³-hybridized carbons (Fsp3) is 0.714. The number of rotatable bonds is 2. The minimum absolute atomic E-state index is 0.143. The van der Waals surface area contributed by atoms with Gasteiger partial charge in [-0.1, -0.05) is 0 Å². The zero-order valence-corrected chi connectivity index (χ0v) is 7.81. The number of alkyl halides is 3. The Kier molecular flexibility index (Phi) is 2.53. The van der Waals surface area contributed by atoms with Crippen LogP contribution in [0.15, 0.2) is 0 Å². The molecule has 0 fully saturated rings. The van der Waals surface area contributed by atoms with Crippen LogP contribution in [0.1, 0.15) is 25.5 Å². The summed E-state index contributed by atoms with van der Waals surface area (Å²) in [6.07, 6.45) is -4.29. The molecule has 0 spiro atoms. The molecule has 0 unspecified atom stereocenters. The van der Waals surface area contributed by atoms with E-state index < -0.39 is 17.5 Å². The maximum Gasteiger partial charge on any atom is 0.453 e. The number of hydrogen-bond donors (Lipinski definition) is 2. The van der Waals surface area contributed by atoms with E-state index in [0.717, 1.165) is 0 Å². The van der Waals surface area contributed by atoms with Crippen LogP contribution in [0.5, 0.6) is 0 Å². The van der Waals surface area contributed by atoms with Gasteiger partial charge in [0.2, 0.25) is 0 Å². The van der Waals surface area contributed by atoms with Crippen molar-refractivity contribution in [3.05, 3.63) is 11.6 Å². The van der Waals surface area contributed by atoms with Crippen molar-refractivity contribution in [2.24, 2.45) is 5.73 Å². The predicted octanol–water partition coefficient (Wildman–Crippen LogP) is 1.10. The van der Waals surface area contributed by atoms with E-state index in [0.29, 0.717) is 0 Å². The molecule has 1 aromatic rings. The van der Waals surface area contributed by atoms with Crippen LogP contribution < -0.4 is 5.73 Å². The molecule has 3 N–H and O–H groups in total. The van der Waals surface area contributed by atoms with E-state index in [1.54, 1.807) is 13.8 Å². The average molecular weight is 208 g/mol. The van der Waals surface area contributed by atoms with E-state index in [-0.39, 0.29) is 12.2 Å². The topological polar surface area (TPSA) is 67.6 Å². The molecule has 0 aliphatic carbocycles. The molecule has 4 nitrogen and oxygen atoms in total. The van der Waals surface area contributed by atoms with Crippen molar-refractivity contribution in [2.75, 3.05) is 0 Å². The van der Waals surface area contributed by atoms with Crippen molar-refractivity contribution in [1.29, 1.82) is 0 Å². The van der Waals surface area contributed by atoms with Crippen LogP contribution in [0.4, 0.5) is 13.2 Å². The van der Waals surface area contributed by atoms with E-state index in [1.165, 1.54) is 0 Å². The summed E-state index contributed by atoms with van der Waals surface area (Å²) < 4.78 is 36.2. The van der Waals surface area contributed by atoms with Gasteiger partial charge in [0, 0.05) is 12.0 Å². The molecule has 0 radical (unpaired) electrons. The van der Waals surface area contributed by atoms with Gasteiger partial charge in [0.15, 0.2) is 0 Å². The summed E-state index contributed by atoms with van der Waals surface area (Å²) in [5.74, 6) is -1.01. The van der Waals surface area contributed by atoms with Gasteiger partial charge in [0.25, 0.3) is 5.82 Å². The van der Waals surface area contributed by atoms with Gasteiger partial charge < -0.3 is 5.73 Å². The number of aromatic amines is 1. The summed E-state index contributed by atoms with van der Waals surface area (Å²) in [4.78, 5) is 3.30. The second-order valence-electron chi connectivity index (χ2n) is 3.77. The summed E-state index contributed by atoms with van der Waals surface area (Å²) in [6.45, 7) is 3.39. The molecular formula is C7H11F3N4. The highest BCUT2D eigenvalue weighted by Crippen LogP contribution is 2.25. The zero-order valence-electron chi connectivity index (χ0n) is 7.81. The Bertz CT molecular complexity index is 309. The summed E-state index contributed by atoms with van der Waals surface area (Å²) in [5, 5.41) is 5.26. The lowest BCUT2D eigenvalue weighted by Crippen LogP contribution is -2.34. The molecule has 0 aliphatic rings. The highest BCUT2D eigenvalue weighted by atomic mass is 19.4. The van der Waals surface area contributed by atoms with Crippen LogP contribution in [0.2, 0.25) is 0 Å². The molecule has 7 heteroatoms. The van der Waals surface area contributed by atoms with Crippen LogP contribution in [0, 0.1) is 0 Å². The molecule has 0 saturated carbocycles. The molecule has 0 bridgehead atoms. The molecule has 0 amide bonds. The first-order valence-electron chi connectivity index (χ1n) is 3.96. The third kappa shape index (κ3) is 2.99. The Hall–Kier alpha value is -1.11. The van der Waals surface area contributed by atoms with Crippen LogP contribution in [0.3, 0.4) is 0 Å². The molecule has 0 aromatic carbocycles. The quantitative estimate of drug-likeness (QED) is 0.764. The first kappa shape index (κ1) is 11.0. The van der Waals surface area contributed by atoms with Gasteiger partial charge in [0.1, 0.15) is 5.82 Å². The van der Waals surface area contributed by atoms with Gasteiger partial charge >= 0.3 is 6.18 Å². The first-order chi connectivity index (χ1) is 6.18. The van der Waals surface area contributed by atoms with E-state index in [2.05, 4.69) is 15.2 Å². The van der Waals surface area contributed by atoms with Crippen molar-refractivity contribution in [3.63, 3.8) is 0 Å². The third-order valence-corrected chi connectivity index (χ3v) is 1.41. The van der Waals surface area contributed by atoms with E-state index in [9.17, 15) is 13.2 Å². The monoisotopic (exact) mass is 208 g/mol. The smallest absolute Gasteiger partial charge is 0.325 e. The van der Waals surface area contributed by atoms with Gasteiger partial charge in [-0.3, -0.25) is 5.10 Å². The lowest BCUT2D eigenvalue weighted by Gasteiger charge is -2.15. The standard InChI is InChI=1S/C7H11F3N4/c1-6(2,11)3-4-12-5(14-13-4)7(8,9)10/h3,11H2,1-2H3,(H,12,13,14). The van der Waals surface area contributed by atoms with Crippen molar-refractivity contribution < 1.29 is 13.2 Å². The van der Waals surface area contributed by atoms with Crippen LogP contribution in [-0.4, -0.2) is 20.7 Å². The normalized spacial score (nSPS) is 13.3. The molecule has 1 heterocycles. The maximum atomic E-state index is 12.1. The van der Waals surface area contributed by atoms with Crippen molar-refractivity contribution >= 4 is 0 Å². The second-order valence-corrected chi connectivity index (χ2v) is 3.77. The number of hydrogen-bond acceptors (Lipinski definition) is 3. The Morgan fingerprint density at radius 3 is 2.29 bits per heavy atom. The Labute approximate surface area is 78.7 Å². The fourth-order valence-corrected chi connectivity index (χ4v) is 0.933. The summed E-state index contributed by atoms with van der Waals surface area (Å²) in [6, 6.07) is 0. The Morgan fingerprint density at radius 2 is 1.93 bits per heavy atom. The molecule has 1 aromatic heterocycles. The summed E-state index contributed by atoms with van der Waals surface area (Å²) in [7, 11) is 0. The largest absolute Gasteiger partial charge is 0.453 e. The molecular weight excluding hydrogens is 197 g/mol. The number of halogens is 3. The van der Waals surface area contributed by atoms with Crippen LogP contribution in [-0.2, 0) is 12.6 Å². The van der Waals surface area contributed by atoms with Gasteiger partial charge in [-0.15, -0.1) is 5.10 Å². The number of nitrogens with zero attached hydrogens (tertiary/aromatic N) is 2. The van der Waals surface area contributed by atoms with Gasteiger partial charge in [0.05, 0.1) is 0 Å². The molecule has 0 aliphatic heterocycles. The lowest BCUT2D eigenvalue weighted by atomic mass is 10.0. The zero-order chi connectivity index (χ0) is 11.0. The van der Waals surface area contributed by atoms with Crippen molar-refractivity contribution in [2.45, 2.75) is 32.0 Å². The summed E-state index contributed by atoms with van der Waals surface area (Å²) >= 11 is 0. The molecule has 14 heavy (non-hydrogen) atoms. The number of H-pyrrole nitrogens is 1. The predicted molar refractivity (Wildman–Crippen MR) is 43.4 cm³/mol. The van der Waals surface area contributed by atoms with Gasteiger partial charge in [-0.05, 0) is 13.8 Å². The highest BCUT2D eigenvalue weighted by molar-refractivity contribution is 4.98. The van der Waals surface area contributed by atoms with Gasteiger partial charge in [-0.2, -0.15) is 13.2 Å². The van der Waals surface area contributed by atoms with E-state index in [4.69, 9.17) is 5.73 Å². The Morgan fingerprint density at radius 1 is 1.36 bits per heavy atom. The molecule has 1 rings (SSSR count). The van der Waals surface area contributed by atoms with E-state index in [1.807, 2.05) is 0 Å².